The van der Waals surface area contributed by atoms with Gasteiger partial charge in [0.2, 0.25) is 10.0 Å². The molecule has 19 heavy (non-hydrogen) atoms. The van der Waals surface area contributed by atoms with Crippen LogP contribution >= 0.6 is 11.6 Å². The Bertz CT molecular complexity index is 514. The summed E-state index contributed by atoms with van der Waals surface area (Å²) in [6.07, 6.45) is 0.486. The van der Waals surface area contributed by atoms with E-state index in [4.69, 9.17) is 21.4 Å². The minimum atomic E-state index is -3.78. The van der Waals surface area contributed by atoms with Crippen LogP contribution in [0.2, 0.25) is 5.02 Å². The lowest BCUT2D eigenvalue weighted by Crippen LogP contribution is -2.37. The first kappa shape index (κ1) is 16.2. The van der Waals surface area contributed by atoms with Crippen molar-refractivity contribution in [3.63, 3.8) is 0 Å². The first-order chi connectivity index (χ1) is 8.94. The number of hydrogen-bond donors (Lipinski definition) is 2. The van der Waals surface area contributed by atoms with E-state index in [1.807, 2.05) is 0 Å². The molecule has 0 unspecified atom stereocenters. The summed E-state index contributed by atoms with van der Waals surface area (Å²) < 4.78 is 32.2. The van der Waals surface area contributed by atoms with Crippen molar-refractivity contribution in [3.8, 4) is 5.75 Å². The number of halogens is 1. The lowest BCUT2D eigenvalue weighted by Gasteiger charge is -2.16. The second-order valence-electron chi connectivity index (χ2n) is 3.93. The van der Waals surface area contributed by atoms with Gasteiger partial charge in [0, 0.05) is 11.1 Å². The highest BCUT2D eigenvalue weighted by molar-refractivity contribution is 7.89. The van der Waals surface area contributed by atoms with Gasteiger partial charge < -0.3 is 9.84 Å². The molecule has 0 aliphatic rings. The Morgan fingerprint density at radius 2 is 2.11 bits per heavy atom. The van der Waals surface area contributed by atoms with Gasteiger partial charge in [0.25, 0.3) is 0 Å². The van der Waals surface area contributed by atoms with Gasteiger partial charge in [0.15, 0.2) is 0 Å². The molecule has 108 valence electrons. The fraction of sp³-hybridized carbons (Fsp3) is 0.500. The van der Waals surface area contributed by atoms with E-state index >= 15 is 0 Å². The van der Waals surface area contributed by atoms with E-state index < -0.39 is 16.1 Å². The predicted molar refractivity (Wildman–Crippen MR) is 74.1 cm³/mol. The number of hydrogen-bond acceptors (Lipinski definition) is 4. The number of sulfonamides is 1. The fourth-order valence-corrected chi connectivity index (χ4v) is 3.22. The van der Waals surface area contributed by atoms with Gasteiger partial charge in [-0.25, -0.2) is 13.1 Å². The van der Waals surface area contributed by atoms with Crippen LogP contribution in [-0.2, 0) is 10.0 Å². The van der Waals surface area contributed by atoms with Crippen molar-refractivity contribution in [1.29, 1.82) is 0 Å². The molecule has 0 amide bonds. The van der Waals surface area contributed by atoms with Crippen LogP contribution in [0.4, 0.5) is 0 Å². The van der Waals surface area contributed by atoms with Gasteiger partial charge in [0.05, 0.1) is 13.2 Å². The summed E-state index contributed by atoms with van der Waals surface area (Å²) >= 11 is 5.83. The smallest absolute Gasteiger partial charge is 0.244 e. The van der Waals surface area contributed by atoms with E-state index in [-0.39, 0.29) is 17.3 Å². The molecule has 0 aliphatic carbocycles. The Hall–Kier alpha value is -0.820. The van der Waals surface area contributed by atoms with Crippen LogP contribution < -0.4 is 9.46 Å². The average molecular weight is 308 g/mol. The van der Waals surface area contributed by atoms with E-state index in [9.17, 15) is 8.42 Å². The zero-order chi connectivity index (χ0) is 14.5. The van der Waals surface area contributed by atoms with Crippen molar-refractivity contribution < 1.29 is 18.3 Å². The summed E-state index contributed by atoms with van der Waals surface area (Å²) in [6, 6.07) is 3.88. The van der Waals surface area contributed by atoms with Crippen LogP contribution in [0.5, 0.6) is 5.75 Å². The van der Waals surface area contributed by atoms with Crippen LogP contribution in [-0.4, -0.2) is 32.8 Å². The molecule has 0 heterocycles. The summed E-state index contributed by atoms with van der Waals surface area (Å²) in [7, 11) is -3.78. The van der Waals surface area contributed by atoms with Crippen LogP contribution in [0.15, 0.2) is 23.1 Å². The zero-order valence-electron chi connectivity index (χ0n) is 10.9. The topological polar surface area (TPSA) is 75.6 Å². The first-order valence-electron chi connectivity index (χ1n) is 6.00. The Morgan fingerprint density at radius 3 is 2.63 bits per heavy atom. The number of aliphatic hydroxyl groups is 1. The molecule has 0 aliphatic heterocycles. The summed E-state index contributed by atoms with van der Waals surface area (Å²) in [5.74, 6) is 0.243. The van der Waals surface area contributed by atoms with E-state index in [0.717, 1.165) is 0 Å². The van der Waals surface area contributed by atoms with Crippen molar-refractivity contribution in [2.75, 3.05) is 13.2 Å². The number of rotatable bonds is 7. The minimum absolute atomic E-state index is 0.0197. The molecule has 1 rings (SSSR count). The number of aliphatic hydroxyl groups excluding tert-OH is 1. The minimum Gasteiger partial charge on any atom is -0.492 e. The Morgan fingerprint density at radius 1 is 1.42 bits per heavy atom. The molecular weight excluding hydrogens is 290 g/mol. The second-order valence-corrected chi connectivity index (χ2v) is 6.05. The summed E-state index contributed by atoms with van der Waals surface area (Å²) in [6.45, 7) is 3.63. The lowest BCUT2D eigenvalue weighted by molar-refractivity contribution is 0.253. The van der Waals surface area contributed by atoms with Crippen molar-refractivity contribution in [1.82, 2.24) is 4.72 Å². The molecule has 0 aromatic heterocycles. The van der Waals surface area contributed by atoms with Crippen molar-refractivity contribution in [2.45, 2.75) is 31.2 Å². The quantitative estimate of drug-likeness (QED) is 0.805. The molecule has 0 bridgehead atoms. The first-order valence-corrected chi connectivity index (χ1v) is 7.86. The van der Waals surface area contributed by atoms with Gasteiger partial charge in [-0.2, -0.15) is 0 Å². The number of ether oxygens (including phenoxy) is 1. The zero-order valence-corrected chi connectivity index (χ0v) is 12.5. The number of nitrogens with one attached hydrogen (secondary N) is 1. The average Bonchev–Trinajstić information content (AvgIpc) is 2.38. The summed E-state index contributed by atoms with van der Waals surface area (Å²) in [4.78, 5) is -0.0197. The van der Waals surface area contributed by atoms with E-state index in [1.54, 1.807) is 19.9 Å². The SMILES string of the molecule is CCOc1ccc(Cl)cc1S(=O)(=O)N[C@H](CC)CO. The molecule has 2 N–H and O–H groups in total. The fourth-order valence-electron chi connectivity index (χ4n) is 1.50. The highest BCUT2D eigenvalue weighted by atomic mass is 35.5. The Labute approximate surface area is 118 Å². The summed E-state index contributed by atoms with van der Waals surface area (Å²) in [5, 5.41) is 9.39. The second kappa shape index (κ2) is 7.09. The van der Waals surface area contributed by atoms with E-state index in [2.05, 4.69) is 4.72 Å². The van der Waals surface area contributed by atoms with Crippen LogP contribution in [0.1, 0.15) is 20.3 Å². The monoisotopic (exact) mass is 307 g/mol. The molecule has 7 heteroatoms. The third-order valence-corrected chi connectivity index (χ3v) is 4.31. The van der Waals surface area contributed by atoms with E-state index in [1.165, 1.54) is 12.1 Å². The van der Waals surface area contributed by atoms with E-state index in [0.29, 0.717) is 18.1 Å². The highest BCUT2D eigenvalue weighted by Crippen LogP contribution is 2.27. The molecule has 5 nitrogen and oxygen atoms in total. The van der Waals surface area contributed by atoms with Gasteiger partial charge >= 0.3 is 0 Å². The predicted octanol–water partition coefficient (Wildman–Crippen LogP) is 1.79. The van der Waals surface area contributed by atoms with Gasteiger partial charge in [-0.1, -0.05) is 18.5 Å². The molecular formula is C12H18ClNO4S. The standard InChI is InChI=1S/C12H18ClNO4S/c1-3-10(8-15)14-19(16,17)12-7-9(13)5-6-11(12)18-4-2/h5-7,10,14-15H,3-4,8H2,1-2H3/t10-/m1/s1. The van der Waals surface area contributed by atoms with Crippen LogP contribution in [0, 0.1) is 0 Å². The summed E-state index contributed by atoms with van der Waals surface area (Å²) in [5.41, 5.74) is 0. The van der Waals surface area contributed by atoms with Crippen LogP contribution in [0.3, 0.4) is 0 Å². The van der Waals surface area contributed by atoms with Crippen LogP contribution in [0.25, 0.3) is 0 Å². The third kappa shape index (κ3) is 4.35. The Balaban J connectivity index is 3.15. The van der Waals surface area contributed by atoms with Crippen molar-refractivity contribution in [3.05, 3.63) is 23.2 Å². The van der Waals surface area contributed by atoms with Gasteiger partial charge in [-0.3, -0.25) is 0 Å². The maximum absolute atomic E-state index is 12.2. The molecule has 0 fully saturated rings. The molecule has 0 saturated carbocycles. The molecule has 1 aromatic carbocycles. The third-order valence-electron chi connectivity index (χ3n) is 2.53. The van der Waals surface area contributed by atoms with Crippen molar-refractivity contribution in [2.24, 2.45) is 0 Å². The molecule has 1 atom stereocenters. The maximum Gasteiger partial charge on any atom is 0.244 e. The largest absolute Gasteiger partial charge is 0.492 e. The maximum atomic E-state index is 12.2. The number of benzene rings is 1. The van der Waals surface area contributed by atoms with Gasteiger partial charge in [-0.05, 0) is 31.5 Å². The van der Waals surface area contributed by atoms with Crippen molar-refractivity contribution >= 4 is 21.6 Å². The molecule has 0 spiro atoms. The Kier molecular flexibility index (Phi) is 6.06. The van der Waals surface area contributed by atoms with Gasteiger partial charge in [0.1, 0.15) is 10.6 Å². The molecule has 1 aromatic rings. The lowest BCUT2D eigenvalue weighted by atomic mass is 10.3. The van der Waals surface area contributed by atoms with Gasteiger partial charge in [-0.15, -0.1) is 0 Å². The normalized spacial score (nSPS) is 13.3. The highest BCUT2D eigenvalue weighted by Gasteiger charge is 2.23. The molecule has 0 saturated heterocycles. The molecule has 0 radical (unpaired) electrons.